The van der Waals surface area contributed by atoms with Crippen LogP contribution in [-0.2, 0) is 0 Å². The lowest BCUT2D eigenvalue weighted by atomic mass is 10.1. The maximum Gasteiger partial charge on any atom is 0.200 e. The van der Waals surface area contributed by atoms with Crippen LogP contribution >= 0.6 is 0 Å². The predicted molar refractivity (Wildman–Crippen MR) is 85.7 cm³/mol. The molecular weight excluding hydrogens is 280 g/mol. The molecule has 4 nitrogen and oxygen atoms in total. The molecule has 4 rings (SSSR count). The Morgan fingerprint density at radius 3 is 2.68 bits per heavy atom. The van der Waals surface area contributed by atoms with E-state index < -0.39 is 0 Å². The van der Waals surface area contributed by atoms with Crippen LogP contribution in [-0.4, -0.2) is 12.2 Å². The van der Waals surface area contributed by atoms with E-state index in [9.17, 15) is 9.90 Å². The van der Waals surface area contributed by atoms with Crippen LogP contribution in [0.15, 0.2) is 57.7 Å². The Kier molecular flexibility index (Phi) is 2.60. The lowest BCUT2D eigenvalue weighted by Crippen LogP contribution is -2.02. The number of fused-ring (bicyclic) bond motifs is 3. The first-order valence-corrected chi connectivity index (χ1v) is 6.84. The van der Waals surface area contributed by atoms with Gasteiger partial charge in [-0.05, 0) is 47.2 Å². The number of para-hydroxylation sites is 1. The van der Waals surface area contributed by atoms with Gasteiger partial charge in [0, 0.05) is 0 Å². The van der Waals surface area contributed by atoms with Crippen LogP contribution in [0.4, 0.5) is 0 Å². The van der Waals surface area contributed by atoms with Gasteiger partial charge in [-0.25, -0.2) is 0 Å². The first-order chi connectivity index (χ1) is 10.7. The molecule has 0 saturated heterocycles. The molecule has 0 aliphatic rings. The van der Waals surface area contributed by atoms with Crippen LogP contribution in [0, 0.1) is 0 Å². The van der Waals surface area contributed by atoms with Crippen molar-refractivity contribution in [2.24, 2.45) is 0 Å². The number of aromatic hydroxyl groups is 1. The third-order valence-electron chi connectivity index (χ3n) is 3.82. The van der Waals surface area contributed by atoms with Gasteiger partial charge in [0.25, 0.3) is 0 Å². The summed E-state index contributed by atoms with van der Waals surface area (Å²) in [4.78, 5) is 12.7. The van der Waals surface area contributed by atoms with Crippen molar-refractivity contribution in [2.45, 2.75) is 0 Å². The van der Waals surface area contributed by atoms with Gasteiger partial charge >= 0.3 is 0 Å². The third kappa shape index (κ3) is 1.74. The minimum Gasteiger partial charge on any atom is -0.508 e. The zero-order chi connectivity index (χ0) is 15.3. The Morgan fingerprint density at radius 2 is 1.86 bits per heavy atom. The number of rotatable bonds is 1. The van der Waals surface area contributed by atoms with Gasteiger partial charge in [-0.2, -0.15) is 0 Å². The van der Waals surface area contributed by atoms with E-state index in [2.05, 4.69) is 0 Å². The van der Waals surface area contributed by atoms with Crippen molar-refractivity contribution in [3.8, 4) is 11.5 Å². The molecule has 0 bridgehead atoms. The lowest BCUT2D eigenvalue weighted by Gasteiger charge is -2.07. The second kappa shape index (κ2) is 4.49. The van der Waals surface area contributed by atoms with Crippen LogP contribution < -0.4 is 10.2 Å². The summed E-state index contributed by atoms with van der Waals surface area (Å²) in [5, 5.41) is 12.3. The van der Waals surface area contributed by atoms with E-state index in [0.717, 1.165) is 10.8 Å². The number of methoxy groups -OCH3 is 1. The van der Waals surface area contributed by atoms with Crippen molar-refractivity contribution in [2.75, 3.05) is 7.11 Å². The van der Waals surface area contributed by atoms with Crippen molar-refractivity contribution in [1.82, 2.24) is 0 Å². The second-order valence-corrected chi connectivity index (χ2v) is 5.15. The SMILES string of the molecule is COc1cccc2c(=O)c3cc4ccc(O)cc4cc3oc12. The molecule has 0 atom stereocenters. The molecule has 4 aromatic rings. The Bertz CT molecular complexity index is 1090. The summed E-state index contributed by atoms with van der Waals surface area (Å²) < 4.78 is 11.2. The Labute approximate surface area is 125 Å². The van der Waals surface area contributed by atoms with Crippen LogP contribution in [0.25, 0.3) is 32.7 Å². The fourth-order valence-corrected chi connectivity index (χ4v) is 2.74. The van der Waals surface area contributed by atoms with Crippen molar-refractivity contribution < 1.29 is 14.3 Å². The van der Waals surface area contributed by atoms with E-state index in [-0.39, 0.29) is 11.2 Å². The van der Waals surface area contributed by atoms with Crippen LogP contribution in [0.1, 0.15) is 0 Å². The van der Waals surface area contributed by atoms with Crippen molar-refractivity contribution in [3.05, 3.63) is 58.8 Å². The van der Waals surface area contributed by atoms with E-state index in [4.69, 9.17) is 9.15 Å². The topological polar surface area (TPSA) is 59.7 Å². The predicted octanol–water partition coefficient (Wildman–Crippen LogP) is 3.81. The average Bonchev–Trinajstić information content (AvgIpc) is 2.53. The number of phenolic OH excluding ortho intramolecular Hbond substituents is 1. The molecule has 3 aromatic carbocycles. The highest BCUT2D eigenvalue weighted by atomic mass is 16.5. The van der Waals surface area contributed by atoms with E-state index in [1.165, 1.54) is 7.11 Å². The quantitative estimate of drug-likeness (QED) is 0.542. The Balaban J connectivity index is 2.22. The smallest absolute Gasteiger partial charge is 0.200 e. The molecule has 0 fully saturated rings. The molecule has 0 radical (unpaired) electrons. The fraction of sp³-hybridized carbons (Fsp3) is 0.0556. The zero-order valence-corrected chi connectivity index (χ0v) is 11.8. The molecule has 4 heteroatoms. The molecule has 0 aliphatic heterocycles. The van der Waals surface area contributed by atoms with Crippen molar-refractivity contribution in [1.29, 1.82) is 0 Å². The molecule has 108 valence electrons. The molecule has 0 amide bonds. The molecular formula is C18H12O4. The standard InChI is InChI=1S/C18H12O4/c1-21-15-4-2-3-13-17(20)14-8-10-5-6-12(19)7-11(10)9-16(14)22-18(13)15/h2-9,19H,1H3. The summed E-state index contributed by atoms with van der Waals surface area (Å²) in [5.74, 6) is 0.695. The number of hydrogen-bond donors (Lipinski definition) is 1. The molecule has 0 spiro atoms. The highest BCUT2D eigenvalue weighted by Crippen LogP contribution is 2.30. The maximum atomic E-state index is 12.7. The Hall–Kier alpha value is -3.01. The van der Waals surface area contributed by atoms with Crippen LogP contribution in [0.2, 0.25) is 0 Å². The van der Waals surface area contributed by atoms with Crippen molar-refractivity contribution >= 4 is 32.7 Å². The summed E-state index contributed by atoms with van der Waals surface area (Å²) in [6, 6.07) is 13.8. The fourth-order valence-electron chi connectivity index (χ4n) is 2.74. The number of ether oxygens (including phenoxy) is 1. The summed E-state index contributed by atoms with van der Waals surface area (Å²) in [6.07, 6.45) is 0. The first kappa shape index (κ1) is 12.7. The molecule has 1 heterocycles. The highest BCUT2D eigenvalue weighted by molar-refractivity contribution is 6.00. The maximum absolute atomic E-state index is 12.7. The number of phenols is 1. The number of benzene rings is 3. The highest BCUT2D eigenvalue weighted by Gasteiger charge is 2.12. The van der Waals surface area contributed by atoms with Crippen molar-refractivity contribution in [3.63, 3.8) is 0 Å². The normalized spacial score (nSPS) is 11.3. The van der Waals surface area contributed by atoms with E-state index in [0.29, 0.717) is 27.7 Å². The minimum absolute atomic E-state index is 0.0925. The largest absolute Gasteiger partial charge is 0.508 e. The van der Waals surface area contributed by atoms with E-state index in [1.807, 2.05) is 0 Å². The number of hydrogen-bond acceptors (Lipinski definition) is 4. The summed E-state index contributed by atoms with van der Waals surface area (Å²) in [6.45, 7) is 0. The lowest BCUT2D eigenvalue weighted by molar-refractivity contribution is 0.411. The first-order valence-electron chi connectivity index (χ1n) is 6.84. The van der Waals surface area contributed by atoms with Gasteiger partial charge in [0.2, 0.25) is 5.43 Å². The van der Waals surface area contributed by atoms with Crippen LogP contribution in [0.5, 0.6) is 11.5 Å². The average molecular weight is 292 g/mol. The molecule has 1 aromatic heterocycles. The molecule has 0 unspecified atom stereocenters. The second-order valence-electron chi connectivity index (χ2n) is 5.15. The monoisotopic (exact) mass is 292 g/mol. The van der Waals surface area contributed by atoms with Crippen LogP contribution in [0.3, 0.4) is 0 Å². The van der Waals surface area contributed by atoms with Gasteiger partial charge in [-0.3, -0.25) is 4.79 Å². The van der Waals surface area contributed by atoms with Gasteiger partial charge < -0.3 is 14.3 Å². The van der Waals surface area contributed by atoms with E-state index >= 15 is 0 Å². The van der Waals surface area contributed by atoms with Gasteiger partial charge in [0.15, 0.2) is 11.3 Å². The Morgan fingerprint density at radius 1 is 1.00 bits per heavy atom. The van der Waals surface area contributed by atoms with Gasteiger partial charge in [-0.15, -0.1) is 0 Å². The van der Waals surface area contributed by atoms with Gasteiger partial charge in [-0.1, -0.05) is 12.1 Å². The molecule has 1 N–H and O–H groups in total. The third-order valence-corrected chi connectivity index (χ3v) is 3.82. The molecule has 0 aliphatic carbocycles. The molecule has 0 saturated carbocycles. The zero-order valence-electron chi connectivity index (χ0n) is 11.8. The summed E-state index contributed by atoms with van der Waals surface area (Å²) in [5.41, 5.74) is 0.812. The summed E-state index contributed by atoms with van der Waals surface area (Å²) in [7, 11) is 1.54. The minimum atomic E-state index is -0.0925. The van der Waals surface area contributed by atoms with Gasteiger partial charge in [0.1, 0.15) is 11.3 Å². The summed E-state index contributed by atoms with van der Waals surface area (Å²) >= 11 is 0. The molecule has 22 heavy (non-hydrogen) atoms. The van der Waals surface area contributed by atoms with Gasteiger partial charge in [0.05, 0.1) is 17.9 Å². The van der Waals surface area contributed by atoms with E-state index in [1.54, 1.807) is 48.5 Å².